The van der Waals surface area contributed by atoms with Gasteiger partial charge < -0.3 is 39.4 Å². The van der Waals surface area contributed by atoms with Gasteiger partial charge in [0.2, 0.25) is 17.7 Å². The largest absolute Gasteiger partial charge is 0.463 e. The van der Waals surface area contributed by atoms with E-state index in [4.69, 9.17) is 13.3 Å². The molecule has 0 saturated heterocycles. The maximum absolute atomic E-state index is 12.7. The smallest absolute Gasteiger partial charge is 0.250 e. The summed E-state index contributed by atoms with van der Waals surface area (Å²) in [5, 5.41) is 29.5. The number of carbonyl (C=O) groups is 3. The molecule has 3 aromatic rings. The van der Waals surface area contributed by atoms with Crippen LogP contribution in [0.25, 0.3) is 0 Å². The Morgan fingerprint density at radius 2 is 1.30 bits per heavy atom. The van der Waals surface area contributed by atoms with Crippen LogP contribution >= 0.6 is 0 Å². The summed E-state index contributed by atoms with van der Waals surface area (Å²) in [6, 6.07) is 8.04. The molecule has 3 unspecified atom stereocenters. The topological polar surface area (TPSA) is 167 Å². The van der Waals surface area contributed by atoms with Crippen LogP contribution in [-0.4, -0.2) is 27.9 Å². The van der Waals surface area contributed by atoms with Gasteiger partial charge in [-0.1, -0.05) is 54.4 Å². The molecule has 0 fully saturated rings. The number of rotatable bonds is 16. The lowest BCUT2D eigenvalue weighted by molar-refractivity contribution is -0.119. The van der Waals surface area contributed by atoms with Crippen LogP contribution in [0.5, 0.6) is 0 Å². The summed E-state index contributed by atoms with van der Waals surface area (Å²) >= 11 is 0. The molecular formula is C36H45N3O8. The predicted octanol–water partition coefficient (Wildman–Crippen LogP) is 5.11. The summed E-state index contributed by atoms with van der Waals surface area (Å²) in [6.45, 7) is 21.7. The van der Waals surface area contributed by atoms with E-state index >= 15 is 0 Å². The van der Waals surface area contributed by atoms with E-state index in [1.54, 1.807) is 12.1 Å². The number of carbonyl (C=O) groups excluding carboxylic acids is 3. The fourth-order valence-corrected chi connectivity index (χ4v) is 5.12. The lowest BCUT2D eigenvalue weighted by Gasteiger charge is -2.35. The molecule has 0 radical (unpaired) electrons. The molecule has 0 bridgehead atoms. The van der Waals surface area contributed by atoms with Gasteiger partial charge in [0, 0.05) is 22.1 Å². The van der Waals surface area contributed by atoms with Crippen molar-refractivity contribution < 1.29 is 37.8 Å². The van der Waals surface area contributed by atoms with Crippen LogP contribution in [0.15, 0.2) is 80.0 Å². The van der Waals surface area contributed by atoms with Crippen molar-refractivity contribution in [2.75, 3.05) is 0 Å². The number of hydrogen-bond donors (Lipinski definition) is 5. The first-order valence-corrected chi connectivity index (χ1v) is 15.7. The fourth-order valence-electron chi connectivity index (χ4n) is 5.12. The van der Waals surface area contributed by atoms with E-state index in [-0.39, 0.29) is 59.0 Å². The highest BCUT2D eigenvalue weighted by Gasteiger charge is 2.41. The van der Waals surface area contributed by atoms with E-state index in [1.165, 1.54) is 12.1 Å². The molecular weight excluding hydrogens is 602 g/mol. The summed E-state index contributed by atoms with van der Waals surface area (Å²) in [6.07, 6.45) is -0.342. The second kappa shape index (κ2) is 14.0. The predicted molar refractivity (Wildman–Crippen MR) is 174 cm³/mol. The van der Waals surface area contributed by atoms with Crippen molar-refractivity contribution in [1.29, 1.82) is 0 Å². The summed E-state index contributed by atoms with van der Waals surface area (Å²) in [7, 11) is 0. The van der Waals surface area contributed by atoms with Crippen LogP contribution in [-0.2, 0) is 45.9 Å². The van der Waals surface area contributed by atoms with Gasteiger partial charge in [0.1, 0.15) is 46.8 Å². The van der Waals surface area contributed by atoms with Crippen LogP contribution in [0.1, 0.15) is 99.8 Å². The summed E-state index contributed by atoms with van der Waals surface area (Å²) in [5.74, 6) is 0.901. The Balaban J connectivity index is 1.24. The molecule has 4 rings (SSSR count). The molecule has 3 aromatic heterocycles. The number of amides is 3. The second-order valence-electron chi connectivity index (χ2n) is 12.9. The molecule has 3 atom stereocenters. The van der Waals surface area contributed by atoms with E-state index in [0.717, 1.165) is 30.6 Å². The summed E-state index contributed by atoms with van der Waals surface area (Å²) < 4.78 is 17.2. The summed E-state index contributed by atoms with van der Waals surface area (Å²) in [4.78, 5) is 37.8. The molecule has 3 heterocycles. The molecule has 1 aliphatic rings. The zero-order valence-electron chi connectivity index (χ0n) is 27.7. The maximum Gasteiger partial charge on any atom is 0.250 e. The van der Waals surface area contributed by atoms with Gasteiger partial charge in [0.25, 0.3) is 0 Å². The number of aliphatic hydroxyl groups is 2. The average Bonchev–Trinajstić information content (AvgIpc) is 3.82. The van der Waals surface area contributed by atoms with Crippen LogP contribution in [0.4, 0.5) is 0 Å². The van der Waals surface area contributed by atoms with E-state index in [9.17, 15) is 24.6 Å². The Morgan fingerprint density at radius 3 is 1.79 bits per heavy atom. The molecule has 1 aliphatic carbocycles. The number of furan rings is 3. The van der Waals surface area contributed by atoms with E-state index in [0.29, 0.717) is 22.9 Å². The SMILES string of the molecule is C=C(C(=O)NCc1ccc(CNC(=O)C(=C)C(C)(C)CC)o1)C(O)c1ccc(C(O)C(=C)C(=O)NCc2cc3c(o2)C(C)(CC)C3)o1. The minimum Gasteiger partial charge on any atom is -0.463 e. The van der Waals surface area contributed by atoms with Crippen molar-refractivity contribution in [3.63, 3.8) is 0 Å². The van der Waals surface area contributed by atoms with Crippen molar-refractivity contribution in [3.05, 3.63) is 107 Å². The van der Waals surface area contributed by atoms with Crippen molar-refractivity contribution in [1.82, 2.24) is 16.0 Å². The molecule has 3 amide bonds. The zero-order chi connectivity index (χ0) is 34.7. The Labute approximate surface area is 274 Å². The van der Waals surface area contributed by atoms with E-state index in [1.807, 2.05) is 26.8 Å². The number of fused-ring (bicyclic) bond motifs is 1. The van der Waals surface area contributed by atoms with Gasteiger partial charge in [0.05, 0.1) is 19.6 Å². The first-order valence-electron chi connectivity index (χ1n) is 15.7. The highest BCUT2D eigenvalue weighted by molar-refractivity contribution is 5.94. The lowest BCUT2D eigenvalue weighted by Crippen LogP contribution is -2.33. The highest BCUT2D eigenvalue weighted by Crippen LogP contribution is 2.45. The van der Waals surface area contributed by atoms with E-state index in [2.05, 4.69) is 49.5 Å². The van der Waals surface area contributed by atoms with E-state index < -0.39 is 24.0 Å². The first-order chi connectivity index (χ1) is 22.1. The van der Waals surface area contributed by atoms with Crippen LogP contribution in [0.2, 0.25) is 0 Å². The highest BCUT2D eigenvalue weighted by atomic mass is 16.4. The third-order valence-electron chi connectivity index (χ3n) is 9.16. The molecule has 0 saturated carbocycles. The monoisotopic (exact) mass is 647 g/mol. The average molecular weight is 648 g/mol. The fraction of sp³-hybridized carbons (Fsp3) is 0.417. The number of nitrogens with one attached hydrogen (secondary N) is 3. The third-order valence-corrected chi connectivity index (χ3v) is 9.16. The molecule has 11 heteroatoms. The molecule has 0 aromatic carbocycles. The Morgan fingerprint density at radius 1 is 0.809 bits per heavy atom. The van der Waals surface area contributed by atoms with Gasteiger partial charge in [-0.15, -0.1) is 0 Å². The molecule has 0 spiro atoms. The van der Waals surface area contributed by atoms with Crippen LogP contribution < -0.4 is 16.0 Å². The third kappa shape index (κ3) is 7.69. The first kappa shape index (κ1) is 35.2. The Hall–Kier alpha value is -4.61. The molecule has 252 valence electrons. The minimum atomic E-state index is -1.52. The van der Waals surface area contributed by atoms with Gasteiger partial charge in [0.15, 0.2) is 0 Å². The normalized spacial score (nSPS) is 16.7. The molecule has 5 N–H and O–H groups in total. The van der Waals surface area contributed by atoms with Gasteiger partial charge in [-0.25, -0.2) is 0 Å². The molecule has 47 heavy (non-hydrogen) atoms. The standard InChI is InChI=1S/C36H45N3O8/c1-9-35(6,7)22(5)34(44)39-18-25-12-11-24(45-25)17-37-32(42)20(3)29(40)27-13-14-28(47-27)30(41)21(4)33(43)38-19-26-15-23-16-36(8,10-2)31(23)46-26/h11-15,29-30,40-41H,3-5,9-10,16-19H2,1-2,6-8H3,(H,37,42)(H,38,43)(H,39,44). The van der Waals surface area contributed by atoms with Gasteiger partial charge >= 0.3 is 0 Å². The van der Waals surface area contributed by atoms with Gasteiger partial charge in [-0.2, -0.15) is 0 Å². The lowest BCUT2D eigenvalue weighted by atomic mass is 9.68. The maximum atomic E-state index is 12.7. The molecule has 0 aliphatic heterocycles. The number of aliphatic hydroxyl groups excluding tert-OH is 2. The van der Waals surface area contributed by atoms with Gasteiger partial charge in [-0.05, 0) is 60.6 Å². The Bertz CT molecular complexity index is 1690. The number of hydrogen-bond acceptors (Lipinski definition) is 8. The van der Waals surface area contributed by atoms with Crippen LogP contribution in [0, 0.1) is 5.41 Å². The second-order valence-corrected chi connectivity index (χ2v) is 12.9. The molecule has 11 nitrogen and oxygen atoms in total. The van der Waals surface area contributed by atoms with Crippen molar-refractivity contribution >= 4 is 17.7 Å². The zero-order valence-corrected chi connectivity index (χ0v) is 27.7. The minimum absolute atomic E-state index is 0.00367. The van der Waals surface area contributed by atoms with Crippen LogP contribution in [0.3, 0.4) is 0 Å². The van der Waals surface area contributed by atoms with Crippen molar-refractivity contribution in [2.24, 2.45) is 5.41 Å². The quantitative estimate of drug-likeness (QED) is 0.134. The van der Waals surface area contributed by atoms with Crippen molar-refractivity contribution in [3.8, 4) is 0 Å². The summed E-state index contributed by atoms with van der Waals surface area (Å²) in [5.41, 5.74) is 0.957. The van der Waals surface area contributed by atoms with Crippen molar-refractivity contribution in [2.45, 2.75) is 91.1 Å². The van der Waals surface area contributed by atoms with Gasteiger partial charge in [-0.3, -0.25) is 14.4 Å². The Kier molecular flexibility index (Phi) is 10.5.